The summed E-state index contributed by atoms with van der Waals surface area (Å²) in [4.78, 5) is 0. The first-order valence-electron chi connectivity index (χ1n) is 10.6. The van der Waals surface area contributed by atoms with Gasteiger partial charge in [0.2, 0.25) is 0 Å². The third kappa shape index (κ3) is 4.54. The molecule has 0 atom stereocenters. The van der Waals surface area contributed by atoms with Gasteiger partial charge in [0.05, 0.1) is 16.4 Å². The minimum Gasteiger partial charge on any atom is -0.484 e. The first kappa shape index (κ1) is 21.1. The van der Waals surface area contributed by atoms with Crippen LogP contribution in [0.15, 0.2) is 59.8 Å². The number of benzene rings is 2. The summed E-state index contributed by atoms with van der Waals surface area (Å²) >= 11 is 7.92. The van der Waals surface area contributed by atoms with Gasteiger partial charge in [0.15, 0.2) is 11.0 Å². The van der Waals surface area contributed by atoms with Crippen LogP contribution in [0.25, 0.3) is 5.69 Å². The summed E-state index contributed by atoms with van der Waals surface area (Å²) in [5.41, 5.74) is 4.47. The first-order valence-corrected chi connectivity index (χ1v) is 12.0. The molecule has 5 rings (SSSR count). The fourth-order valence-electron chi connectivity index (χ4n) is 3.68. The van der Waals surface area contributed by atoms with E-state index in [-0.39, 0.29) is 0 Å². The average Bonchev–Trinajstić information content (AvgIpc) is 3.46. The molecule has 1 saturated carbocycles. The molecule has 2 heterocycles. The largest absolute Gasteiger partial charge is 0.484 e. The fourth-order valence-corrected chi connectivity index (χ4v) is 4.85. The van der Waals surface area contributed by atoms with Crippen LogP contribution in [0.2, 0.25) is 5.02 Å². The van der Waals surface area contributed by atoms with E-state index >= 15 is 0 Å². The van der Waals surface area contributed by atoms with Crippen molar-refractivity contribution in [1.82, 2.24) is 24.5 Å². The topological polar surface area (TPSA) is 57.8 Å². The smallest absolute Gasteiger partial charge is 0.191 e. The Morgan fingerprint density at radius 3 is 2.53 bits per heavy atom. The summed E-state index contributed by atoms with van der Waals surface area (Å²) in [5.74, 6) is 2.33. The van der Waals surface area contributed by atoms with Gasteiger partial charge < -0.3 is 4.74 Å². The lowest BCUT2D eigenvalue weighted by Crippen LogP contribution is -2.07. The van der Waals surface area contributed by atoms with Crippen LogP contribution in [-0.4, -0.2) is 24.5 Å². The molecule has 1 fully saturated rings. The van der Waals surface area contributed by atoms with E-state index in [0.717, 1.165) is 46.7 Å². The van der Waals surface area contributed by atoms with E-state index < -0.39 is 0 Å². The van der Waals surface area contributed by atoms with E-state index in [0.29, 0.717) is 23.4 Å². The van der Waals surface area contributed by atoms with Gasteiger partial charge in [-0.25, -0.2) is 4.68 Å². The highest BCUT2D eigenvalue weighted by Crippen LogP contribution is 2.39. The summed E-state index contributed by atoms with van der Waals surface area (Å²) in [5, 5.41) is 15.0. The number of thioether (sulfide) groups is 1. The van der Waals surface area contributed by atoms with Crippen molar-refractivity contribution >= 4 is 23.4 Å². The van der Waals surface area contributed by atoms with Crippen molar-refractivity contribution in [3.05, 3.63) is 82.4 Å². The molecule has 0 aliphatic heterocycles. The van der Waals surface area contributed by atoms with Crippen molar-refractivity contribution < 1.29 is 4.74 Å². The van der Waals surface area contributed by atoms with E-state index in [1.54, 1.807) is 11.8 Å². The average molecular weight is 466 g/mol. The standard InChI is InChI=1S/C24H24ClN5OS/c1-16-13-17(2)30(28-16)20-9-7-18(8-10-20)15-32-24-27-26-23(29(24)19-11-12-19)14-31-22-6-4-3-5-21(22)25/h3-10,13,19H,11-12,14-15H2,1-2H3. The summed E-state index contributed by atoms with van der Waals surface area (Å²) < 4.78 is 10.1. The first-order chi connectivity index (χ1) is 15.6. The maximum atomic E-state index is 6.21. The number of halogens is 1. The minimum atomic E-state index is 0.352. The number of hydrogen-bond donors (Lipinski definition) is 0. The van der Waals surface area contributed by atoms with Crippen LogP contribution in [0.1, 0.15) is 41.7 Å². The lowest BCUT2D eigenvalue weighted by Gasteiger charge is -2.11. The molecule has 164 valence electrons. The Bertz CT molecular complexity index is 1230. The number of ether oxygens (including phenoxy) is 1. The van der Waals surface area contributed by atoms with Crippen molar-refractivity contribution in [2.45, 2.75) is 50.2 Å². The molecule has 1 aliphatic carbocycles. The molecule has 0 N–H and O–H groups in total. The van der Waals surface area contributed by atoms with E-state index in [1.165, 1.54) is 5.56 Å². The van der Waals surface area contributed by atoms with Gasteiger partial charge in [0.25, 0.3) is 0 Å². The van der Waals surface area contributed by atoms with Crippen LogP contribution in [0, 0.1) is 13.8 Å². The van der Waals surface area contributed by atoms with Gasteiger partial charge in [-0.3, -0.25) is 4.57 Å². The molecule has 8 heteroatoms. The Kier molecular flexibility index (Phi) is 5.93. The third-order valence-electron chi connectivity index (χ3n) is 5.40. The van der Waals surface area contributed by atoms with E-state index in [1.807, 2.05) is 35.9 Å². The third-order valence-corrected chi connectivity index (χ3v) is 6.73. The second-order valence-electron chi connectivity index (χ2n) is 8.01. The highest BCUT2D eigenvalue weighted by Gasteiger charge is 2.29. The Labute approximate surface area is 196 Å². The zero-order valence-corrected chi connectivity index (χ0v) is 19.6. The molecule has 1 aliphatic rings. The van der Waals surface area contributed by atoms with Gasteiger partial charge in [-0.05, 0) is 62.6 Å². The normalized spacial score (nSPS) is 13.5. The molecule has 4 aromatic rings. The Morgan fingerprint density at radius 1 is 1.06 bits per heavy atom. The molecule has 2 aromatic carbocycles. The molecule has 0 spiro atoms. The van der Waals surface area contributed by atoms with Crippen LogP contribution < -0.4 is 4.74 Å². The lowest BCUT2D eigenvalue weighted by molar-refractivity contribution is 0.288. The summed E-state index contributed by atoms with van der Waals surface area (Å²) in [7, 11) is 0. The number of aryl methyl sites for hydroxylation is 2. The van der Waals surface area contributed by atoms with E-state index in [4.69, 9.17) is 16.3 Å². The Hall–Kier alpha value is -2.77. The van der Waals surface area contributed by atoms with Crippen LogP contribution in [0.5, 0.6) is 5.75 Å². The van der Waals surface area contributed by atoms with Crippen molar-refractivity contribution in [1.29, 1.82) is 0 Å². The maximum absolute atomic E-state index is 6.21. The fraction of sp³-hybridized carbons (Fsp3) is 0.292. The predicted molar refractivity (Wildman–Crippen MR) is 127 cm³/mol. The molecule has 0 amide bonds. The van der Waals surface area contributed by atoms with Crippen molar-refractivity contribution in [2.75, 3.05) is 0 Å². The SMILES string of the molecule is Cc1cc(C)n(-c2ccc(CSc3nnc(COc4ccccc4Cl)n3C3CC3)cc2)n1. The number of rotatable bonds is 8. The Balaban J connectivity index is 1.26. The highest BCUT2D eigenvalue weighted by molar-refractivity contribution is 7.98. The van der Waals surface area contributed by atoms with Gasteiger partial charge in [-0.1, -0.05) is 47.6 Å². The Morgan fingerprint density at radius 2 is 1.84 bits per heavy atom. The zero-order valence-electron chi connectivity index (χ0n) is 18.0. The van der Waals surface area contributed by atoms with Crippen molar-refractivity contribution in [2.24, 2.45) is 0 Å². The molecule has 0 saturated heterocycles. The van der Waals surface area contributed by atoms with Crippen LogP contribution in [0.4, 0.5) is 0 Å². The molecule has 32 heavy (non-hydrogen) atoms. The molecule has 6 nitrogen and oxygen atoms in total. The highest BCUT2D eigenvalue weighted by atomic mass is 35.5. The van der Waals surface area contributed by atoms with Crippen LogP contribution >= 0.6 is 23.4 Å². The molecule has 0 bridgehead atoms. The second kappa shape index (κ2) is 9.00. The minimum absolute atomic E-state index is 0.352. The van der Waals surface area contributed by atoms with Crippen molar-refractivity contribution in [3.63, 3.8) is 0 Å². The molecule has 2 aromatic heterocycles. The molecular formula is C24H24ClN5OS. The second-order valence-corrected chi connectivity index (χ2v) is 9.36. The number of hydrogen-bond acceptors (Lipinski definition) is 5. The number of para-hydroxylation sites is 1. The lowest BCUT2D eigenvalue weighted by atomic mass is 10.2. The predicted octanol–water partition coefficient (Wildman–Crippen LogP) is 5.94. The number of nitrogens with zero attached hydrogens (tertiary/aromatic N) is 5. The summed E-state index contributed by atoms with van der Waals surface area (Å²) in [6.45, 7) is 4.44. The molecular weight excluding hydrogens is 442 g/mol. The van der Waals surface area contributed by atoms with Crippen LogP contribution in [-0.2, 0) is 12.4 Å². The van der Waals surface area contributed by atoms with Gasteiger partial charge in [0, 0.05) is 17.5 Å². The van der Waals surface area contributed by atoms with Crippen LogP contribution in [0.3, 0.4) is 0 Å². The van der Waals surface area contributed by atoms with E-state index in [9.17, 15) is 0 Å². The monoisotopic (exact) mass is 465 g/mol. The zero-order chi connectivity index (χ0) is 22.1. The molecule has 0 radical (unpaired) electrons. The van der Waals surface area contributed by atoms with Gasteiger partial charge in [-0.2, -0.15) is 5.10 Å². The quantitative estimate of drug-likeness (QED) is 0.301. The number of aromatic nitrogens is 5. The van der Waals surface area contributed by atoms with Gasteiger partial charge in [0.1, 0.15) is 12.4 Å². The molecule has 0 unspecified atom stereocenters. The van der Waals surface area contributed by atoms with E-state index in [2.05, 4.69) is 57.1 Å². The van der Waals surface area contributed by atoms with Crippen molar-refractivity contribution in [3.8, 4) is 11.4 Å². The maximum Gasteiger partial charge on any atom is 0.191 e. The van der Waals surface area contributed by atoms with Gasteiger partial charge in [-0.15, -0.1) is 10.2 Å². The summed E-state index contributed by atoms with van der Waals surface area (Å²) in [6.07, 6.45) is 2.31. The van der Waals surface area contributed by atoms with Gasteiger partial charge >= 0.3 is 0 Å². The summed E-state index contributed by atoms with van der Waals surface area (Å²) in [6, 6.07) is 18.6.